The van der Waals surface area contributed by atoms with Crippen molar-refractivity contribution < 1.29 is 8.81 Å². The molecule has 2 aromatic heterocycles. The second-order valence-corrected chi connectivity index (χ2v) is 7.05. The molecular formula is C20H25FN6O. The van der Waals surface area contributed by atoms with Crippen molar-refractivity contribution in [1.82, 2.24) is 25.1 Å². The van der Waals surface area contributed by atoms with E-state index >= 15 is 0 Å². The summed E-state index contributed by atoms with van der Waals surface area (Å²) in [6.45, 7) is 5.93. The SMILES string of the molecule is CCC[C@@H](c1nnnn1Cc1ccco1)N1CCN(c2ccccc2F)CC1. The Hall–Kier alpha value is -2.74. The van der Waals surface area contributed by atoms with Gasteiger partial charge in [0, 0.05) is 26.2 Å². The number of tetrazole rings is 1. The monoisotopic (exact) mass is 384 g/mol. The van der Waals surface area contributed by atoms with Crippen LogP contribution in [-0.2, 0) is 6.54 Å². The van der Waals surface area contributed by atoms with E-state index in [1.165, 1.54) is 6.07 Å². The van der Waals surface area contributed by atoms with Crippen LogP contribution in [0.1, 0.15) is 37.4 Å². The molecule has 1 aromatic carbocycles. The number of benzene rings is 1. The number of para-hydroxylation sites is 1. The Morgan fingerprint density at radius 1 is 1.11 bits per heavy atom. The van der Waals surface area contributed by atoms with Gasteiger partial charge in [-0.3, -0.25) is 4.90 Å². The summed E-state index contributed by atoms with van der Waals surface area (Å²) >= 11 is 0. The molecule has 3 aromatic rings. The Morgan fingerprint density at radius 2 is 1.93 bits per heavy atom. The van der Waals surface area contributed by atoms with Gasteiger partial charge < -0.3 is 9.32 Å². The van der Waals surface area contributed by atoms with Gasteiger partial charge in [0.25, 0.3) is 0 Å². The van der Waals surface area contributed by atoms with Gasteiger partial charge in [-0.25, -0.2) is 9.07 Å². The van der Waals surface area contributed by atoms with E-state index in [0.717, 1.165) is 50.6 Å². The molecule has 1 aliphatic rings. The molecule has 148 valence electrons. The van der Waals surface area contributed by atoms with Crippen molar-refractivity contribution in [2.24, 2.45) is 0 Å². The summed E-state index contributed by atoms with van der Waals surface area (Å²) in [5, 5.41) is 12.4. The first-order valence-electron chi connectivity index (χ1n) is 9.78. The summed E-state index contributed by atoms with van der Waals surface area (Å²) < 4.78 is 21.4. The average molecular weight is 384 g/mol. The number of hydrogen-bond donors (Lipinski definition) is 0. The highest BCUT2D eigenvalue weighted by atomic mass is 19.1. The second-order valence-electron chi connectivity index (χ2n) is 7.05. The minimum Gasteiger partial charge on any atom is -0.467 e. The Bertz CT molecular complexity index is 872. The van der Waals surface area contributed by atoms with Crippen LogP contribution >= 0.6 is 0 Å². The predicted molar refractivity (Wildman–Crippen MR) is 103 cm³/mol. The third-order valence-electron chi connectivity index (χ3n) is 5.25. The van der Waals surface area contributed by atoms with Crippen LogP contribution in [0.4, 0.5) is 10.1 Å². The normalized spacial score (nSPS) is 16.4. The first-order chi connectivity index (χ1) is 13.8. The predicted octanol–water partition coefficient (Wildman–Crippen LogP) is 3.12. The highest BCUT2D eigenvalue weighted by Crippen LogP contribution is 2.27. The van der Waals surface area contributed by atoms with Gasteiger partial charge >= 0.3 is 0 Å². The molecule has 0 N–H and O–H groups in total. The number of nitrogens with zero attached hydrogens (tertiary/aromatic N) is 6. The molecule has 3 heterocycles. The van der Waals surface area contributed by atoms with Crippen molar-refractivity contribution in [1.29, 1.82) is 0 Å². The highest BCUT2D eigenvalue weighted by Gasteiger charge is 2.29. The van der Waals surface area contributed by atoms with E-state index in [2.05, 4.69) is 32.2 Å². The molecule has 0 unspecified atom stereocenters. The molecule has 1 fully saturated rings. The number of hydrogen-bond acceptors (Lipinski definition) is 6. The van der Waals surface area contributed by atoms with Crippen molar-refractivity contribution >= 4 is 5.69 Å². The van der Waals surface area contributed by atoms with Gasteiger partial charge in [0.2, 0.25) is 0 Å². The van der Waals surface area contributed by atoms with E-state index in [4.69, 9.17) is 4.42 Å². The highest BCUT2D eigenvalue weighted by molar-refractivity contribution is 5.48. The molecule has 28 heavy (non-hydrogen) atoms. The van der Waals surface area contributed by atoms with Crippen LogP contribution in [0.5, 0.6) is 0 Å². The van der Waals surface area contributed by atoms with E-state index in [-0.39, 0.29) is 11.9 Å². The number of piperazine rings is 1. The zero-order valence-corrected chi connectivity index (χ0v) is 16.0. The van der Waals surface area contributed by atoms with Gasteiger partial charge in [0.05, 0.1) is 18.0 Å². The van der Waals surface area contributed by atoms with Crippen LogP contribution in [0.2, 0.25) is 0 Å². The molecule has 8 heteroatoms. The third-order valence-corrected chi connectivity index (χ3v) is 5.25. The topological polar surface area (TPSA) is 63.2 Å². The Morgan fingerprint density at radius 3 is 2.64 bits per heavy atom. The quantitative estimate of drug-likeness (QED) is 0.624. The van der Waals surface area contributed by atoms with E-state index in [1.807, 2.05) is 28.9 Å². The lowest BCUT2D eigenvalue weighted by molar-refractivity contribution is 0.164. The fraction of sp³-hybridized carbons (Fsp3) is 0.450. The van der Waals surface area contributed by atoms with Gasteiger partial charge in [0.15, 0.2) is 5.82 Å². The van der Waals surface area contributed by atoms with E-state index in [0.29, 0.717) is 12.2 Å². The standard InChI is InChI=1S/C20H25FN6O/c1-2-6-19(20-22-23-24-27(20)15-16-7-5-14-28-16)26-12-10-25(11-13-26)18-9-4-3-8-17(18)21/h3-5,7-9,14,19H,2,6,10-13,15H2,1H3/t19-/m0/s1. The van der Waals surface area contributed by atoms with Crippen LogP contribution in [0.15, 0.2) is 47.1 Å². The fourth-order valence-electron chi connectivity index (χ4n) is 3.84. The summed E-state index contributed by atoms with van der Waals surface area (Å²) in [7, 11) is 0. The maximum atomic E-state index is 14.1. The van der Waals surface area contributed by atoms with Crippen LogP contribution in [-0.4, -0.2) is 51.3 Å². The molecule has 4 rings (SSSR count). The summed E-state index contributed by atoms with van der Waals surface area (Å²) in [5.74, 6) is 1.52. The molecular weight excluding hydrogens is 359 g/mol. The van der Waals surface area contributed by atoms with E-state index in [1.54, 1.807) is 12.3 Å². The zero-order valence-electron chi connectivity index (χ0n) is 16.0. The zero-order chi connectivity index (χ0) is 19.3. The molecule has 0 radical (unpaired) electrons. The molecule has 7 nitrogen and oxygen atoms in total. The molecule has 1 aliphatic heterocycles. The van der Waals surface area contributed by atoms with Gasteiger partial charge in [-0.05, 0) is 41.1 Å². The maximum Gasteiger partial charge on any atom is 0.168 e. The minimum atomic E-state index is -0.163. The van der Waals surface area contributed by atoms with Gasteiger partial charge in [0.1, 0.15) is 18.1 Å². The molecule has 0 amide bonds. The fourth-order valence-corrected chi connectivity index (χ4v) is 3.84. The summed E-state index contributed by atoms with van der Waals surface area (Å²) in [6, 6.07) is 10.9. The van der Waals surface area contributed by atoms with Crippen LogP contribution in [0.3, 0.4) is 0 Å². The van der Waals surface area contributed by atoms with Crippen LogP contribution in [0, 0.1) is 5.82 Å². The smallest absolute Gasteiger partial charge is 0.168 e. The largest absolute Gasteiger partial charge is 0.467 e. The van der Waals surface area contributed by atoms with Gasteiger partial charge in [-0.15, -0.1) is 5.10 Å². The number of halogens is 1. The molecule has 1 saturated heterocycles. The van der Waals surface area contributed by atoms with Crippen molar-refractivity contribution in [2.45, 2.75) is 32.4 Å². The van der Waals surface area contributed by atoms with E-state index in [9.17, 15) is 4.39 Å². The van der Waals surface area contributed by atoms with Crippen molar-refractivity contribution in [3.8, 4) is 0 Å². The second kappa shape index (κ2) is 8.52. The molecule has 0 saturated carbocycles. The van der Waals surface area contributed by atoms with Crippen LogP contribution in [0.25, 0.3) is 0 Å². The summed E-state index contributed by atoms with van der Waals surface area (Å²) in [5.41, 5.74) is 0.678. The molecule has 1 atom stereocenters. The Kier molecular flexibility index (Phi) is 5.66. The minimum absolute atomic E-state index is 0.137. The van der Waals surface area contributed by atoms with Gasteiger partial charge in [-0.1, -0.05) is 25.5 Å². The number of anilines is 1. The molecule has 0 aliphatic carbocycles. The number of aromatic nitrogens is 4. The average Bonchev–Trinajstić information content (AvgIpc) is 3.39. The van der Waals surface area contributed by atoms with Gasteiger partial charge in [-0.2, -0.15) is 0 Å². The lowest BCUT2D eigenvalue weighted by atomic mass is 10.1. The van der Waals surface area contributed by atoms with Crippen molar-refractivity contribution in [2.75, 3.05) is 31.1 Å². The Labute approximate surface area is 163 Å². The molecule has 0 spiro atoms. The van der Waals surface area contributed by atoms with Crippen molar-refractivity contribution in [3.63, 3.8) is 0 Å². The number of furan rings is 1. The lowest BCUT2D eigenvalue weighted by Crippen LogP contribution is -2.48. The number of rotatable bonds is 7. The maximum absolute atomic E-state index is 14.1. The summed E-state index contributed by atoms with van der Waals surface area (Å²) in [6.07, 6.45) is 3.66. The third kappa shape index (κ3) is 3.91. The summed E-state index contributed by atoms with van der Waals surface area (Å²) in [4.78, 5) is 4.52. The first kappa shape index (κ1) is 18.6. The van der Waals surface area contributed by atoms with Crippen LogP contribution < -0.4 is 4.90 Å². The lowest BCUT2D eigenvalue weighted by Gasteiger charge is -2.39. The Balaban J connectivity index is 1.48. The van der Waals surface area contributed by atoms with Crippen molar-refractivity contribution in [3.05, 3.63) is 60.1 Å². The molecule has 0 bridgehead atoms. The first-order valence-corrected chi connectivity index (χ1v) is 9.78. The van der Waals surface area contributed by atoms with E-state index < -0.39 is 0 Å².